The largest absolute Gasteiger partial charge is 0.474 e. The first-order valence-electron chi connectivity index (χ1n) is 5.67. The summed E-state index contributed by atoms with van der Waals surface area (Å²) in [6.07, 6.45) is 6.09. The SMILES string of the molecule is OCC1CCC(Oc2ncccc2Br)CC1. The molecule has 0 aliphatic heterocycles. The Labute approximate surface area is 104 Å². The van der Waals surface area contributed by atoms with Crippen molar-refractivity contribution in [3.63, 3.8) is 0 Å². The second kappa shape index (κ2) is 5.64. The predicted octanol–water partition coefficient (Wildman–Crippen LogP) is 2.77. The zero-order valence-corrected chi connectivity index (χ0v) is 10.7. The number of pyridine rings is 1. The van der Waals surface area contributed by atoms with Crippen molar-refractivity contribution < 1.29 is 9.84 Å². The maximum atomic E-state index is 9.05. The van der Waals surface area contributed by atoms with Crippen LogP contribution in [-0.4, -0.2) is 22.8 Å². The van der Waals surface area contributed by atoms with Crippen LogP contribution >= 0.6 is 15.9 Å². The summed E-state index contributed by atoms with van der Waals surface area (Å²) in [5.41, 5.74) is 0. The topological polar surface area (TPSA) is 42.4 Å². The Hall–Kier alpha value is -0.610. The highest BCUT2D eigenvalue weighted by Gasteiger charge is 2.22. The van der Waals surface area contributed by atoms with Crippen LogP contribution in [0, 0.1) is 5.92 Å². The second-order valence-electron chi connectivity index (χ2n) is 4.23. The van der Waals surface area contributed by atoms with Gasteiger partial charge in [-0.05, 0) is 59.7 Å². The van der Waals surface area contributed by atoms with Gasteiger partial charge in [0.25, 0.3) is 0 Å². The first-order valence-corrected chi connectivity index (χ1v) is 6.47. The quantitative estimate of drug-likeness (QED) is 0.929. The lowest BCUT2D eigenvalue weighted by Gasteiger charge is -2.27. The molecule has 0 radical (unpaired) electrons. The molecule has 0 saturated heterocycles. The third kappa shape index (κ3) is 2.95. The number of nitrogens with zero attached hydrogens (tertiary/aromatic N) is 1. The molecule has 1 N–H and O–H groups in total. The average Bonchev–Trinajstić information content (AvgIpc) is 2.33. The van der Waals surface area contributed by atoms with Gasteiger partial charge >= 0.3 is 0 Å². The summed E-state index contributed by atoms with van der Waals surface area (Å²) in [6, 6.07) is 3.81. The highest BCUT2D eigenvalue weighted by atomic mass is 79.9. The molecule has 0 spiro atoms. The average molecular weight is 286 g/mol. The van der Waals surface area contributed by atoms with Gasteiger partial charge in [-0.2, -0.15) is 0 Å². The summed E-state index contributed by atoms with van der Waals surface area (Å²) in [6.45, 7) is 0.306. The van der Waals surface area contributed by atoms with Gasteiger partial charge < -0.3 is 9.84 Å². The minimum Gasteiger partial charge on any atom is -0.474 e. The van der Waals surface area contributed by atoms with E-state index in [1.807, 2.05) is 12.1 Å². The molecule has 1 aliphatic rings. The third-order valence-corrected chi connectivity index (χ3v) is 3.66. The normalized spacial score (nSPS) is 25.4. The number of halogens is 1. The first kappa shape index (κ1) is 11.9. The van der Waals surface area contributed by atoms with Crippen molar-refractivity contribution in [2.45, 2.75) is 31.8 Å². The predicted molar refractivity (Wildman–Crippen MR) is 65.4 cm³/mol. The summed E-state index contributed by atoms with van der Waals surface area (Å²) >= 11 is 3.42. The molecule has 1 aromatic heterocycles. The van der Waals surface area contributed by atoms with Gasteiger partial charge in [-0.25, -0.2) is 4.98 Å². The number of aliphatic hydroxyl groups is 1. The van der Waals surface area contributed by atoms with Crippen LogP contribution in [-0.2, 0) is 0 Å². The van der Waals surface area contributed by atoms with E-state index in [1.165, 1.54) is 0 Å². The zero-order chi connectivity index (χ0) is 11.4. The molecule has 1 heterocycles. The molecule has 1 aromatic rings. The molecule has 16 heavy (non-hydrogen) atoms. The van der Waals surface area contributed by atoms with Crippen molar-refractivity contribution in [3.8, 4) is 5.88 Å². The van der Waals surface area contributed by atoms with E-state index in [4.69, 9.17) is 9.84 Å². The van der Waals surface area contributed by atoms with Crippen LogP contribution in [0.25, 0.3) is 0 Å². The molecule has 0 aromatic carbocycles. The number of aliphatic hydroxyl groups excluding tert-OH is 1. The van der Waals surface area contributed by atoms with Crippen molar-refractivity contribution in [2.75, 3.05) is 6.61 Å². The second-order valence-corrected chi connectivity index (χ2v) is 5.09. The Kier molecular flexibility index (Phi) is 4.18. The van der Waals surface area contributed by atoms with E-state index in [1.54, 1.807) is 6.20 Å². The first-order chi connectivity index (χ1) is 7.79. The third-order valence-electron chi connectivity index (χ3n) is 3.05. The fourth-order valence-corrected chi connectivity index (χ4v) is 2.40. The van der Waals surface area contributed by atoms with Gasteiger partial charge in [0.1, 0.15) is 6.10 Å². The molecule has 2 rings (SSSR count). The maximum absolute atomic E-state index is 9.05. The van der Waals surface area contributed by atoms with Crippen LogP contribution in [0.4, 0.5) is 0 Å². The van der Waals surface area contributed by atoms with Crippen molar-refractivity contribution in [2.24, 2.45) is 5.92 Å². The standard InChI is InChI=1S/C12H16BrNO2/c13-11-2-1-7-14-12(11)16-10-5-3-9(8-15)4-6-10/h1-2,7,9-10,15H,3-6,8H2. The summed E-state index contributed by atoms with van der Waals surface area (Å²) in [7, 11) is 0. The van der Waals surface area contributed by atoms with Gasteiger partial charge in [0, 0.05) is 12.8 Å². The fraction of sp³-hybridized carbons (Fsp3) is 0.583. The van der Waals surface area contributed by atoms with E-state index in [-0.39, 0.29) is 6.10 Å². The monoisotopic (exact) mass is 285 g/mol. The van der Waals surface area contributed by atoms with E-state index in [9.17, 15) is 0 Å². The van der Waals surface area contributed by atoms with Crippen LogP contribution < -0.4 is 4.74 Å². The van der Waals surface area contributed by atoms with E-state index in [0.717, 1.165) is 30.2 Å². The summed E-state index contributed by atoms with van der Waals surface area (Å²) in [4.78, 5) is 4.19. The Balaban J connectivity index is 1.89. The van der Waals surface area contributed by atoms with Crippen molar-refractivity contribution in [1.82, 2.24) is 4.98 Å². The molecule has 1 fully saturated rings. The number of aromatic nitrogens is 1. The van der Waals surface area contributed by atoms with Crippen LogP contribution in [0.5, 0.6) is 5.88 Å². The molecular weight excluding hydrogens is 270 g/mol. The number of ether oxygens (including phenoxy) is 1. The van der Waals surface area contributed by atoms with Crippen LogP contribution in [0.3, 0.4) is 0 Å². The Morgan fingerprint density at radius 3 is 2.75 bits per heavy atom. The molecule has 1 aliphatic carbocycles. The molecule has 0 amide bonds. The molecule has 88 valence electrons. The van der Waals surface area contributed by atoms with Crippen molar-refractivity contribution in [3.05, 3.63) is 22.8 Å². The maximum Gasteiger partial charge on any atom is 0.228 e. The molecule has 3 nitrogen and oxygen atoms in total. The molecule has 0 unspecified atom stereocenters. The highest BCUT2D eigenvalue weighted by Crippen LogP contribution is 2.29. The van der Waals surface area contributed by atoms with Crippen molar-refractivity contribution in [1.29, 1.82) is 0 Å². The Morgan fingerprint density at radius 1 is 1.38 bits per heavy atom. The lowest BCUT2D eigenvalue weighted by Crippen LogP contribution is -2.25. The van der Waals surface area contributed by atoms with E-state index in [2.05, 4.69) is 20.9 Å². The molecule has 0 bridgehead atoms. The van der Waals surface area contributed by atoms with Gasteiger partial charge in [0.05, 0.1) is 4.47 Å². The minimum absolute atomic E-state index is 0.244. The lowest BCUT2D eigenvalue weighted by molar-refractivity contribution is 0.0999. The van der Waals surface area contributed by atoms with E-state index >= 15 is 0 Å². The number of hydrogen-bond acceptors (Lipinski definition) is 3. The van der Waals surface area contributed by atoms with Crippen LogP contribution in [0.2, 0.25) is 0 Å². The van der Waals surface area contributed by atoms with E-state index < -0.39 is 0 Å². The smallest absolute Gasteiger partial charge is 0.228 e. The summed E-state index contributed by atoms with van der Waals surface area (Å²) in [5, 5.41) is 9.05. The van der Waals surface area contributed by atoms with Gasteiger partial charge in [-0.3, -0.25) is 0 Å². The van der Waals surface area contributed by atoms with Crippen molar-refractivity contribution >= 4 is 15.9 Å². The Morgan fingerprint density at radius 2 is 2.12 bits per heavy atom. The molecule has 4 heteroatoms. The number of rotatable bonds is 3. The fourth-order valence-electron chi connectivity index (χ4n) is 2.05. The van der Waals surface area contributed by atoms with Gasteiger partial charge in [-0.1, -0.05) is 0 Å². The van der Waals surface area contributed by atoms with Gasteiger partial charge in [0.2, 0.25) is 5.88 Å². The van der Waals surface area contributed by atoms with Crippen LogP contribution in [0.15, 0.2) is 22.8 Å². The van der Waals surface area contributed by atoms with E-state index in [0.29, 0.717) is 18.4 Å². The summed E-state index contributed by atoms with van der Waals surface area (Å²) < 4.78 is 6.74. The Bertz CT molecular complexity index is 338. The van der Waals surface area contributed by atoms with Gasteiger partial charge in [-0.15, -0.1) is 0 Å². The summed E-state index contributed by atoms with van der Waals surface area (Å²) in [5.74, 6) is 1.14. The molecule has 1 saturated carbocycles. The molecule has 0 atom stereocenters. The highest BCUT2D eigenvalue weighted by molar-refractivity contribution is 9.10. The molecular formula is C12H16BrNO2. The minimum atomic E-state index is 0.244. The zero-order valence-electron chi connectivity index (χ0n) is 9.10. The van der Waals surface area contributed by atoms with Crippen LogP contribution in [0.1, 0.15) is 25.7 Å². The van der Waals surface area contributed by atoms with Gasteiger partial charge in [0.15, 0.2) is 0 Å². The lowest BCUT2D eigenvalue weighted by atomic mass is 9.88. The number of hydrogen-bond donors (Lipinski definition) is 1.